The van der Waals surface area contributed by atoms with Crippen molar-refractivity contribution in [3.05, 3.63) is 77.4 Å². The first-order valence-corrected chi connectivity index (χ1v) is 9.84. The minimum Gasteiger partial charge on any atom is -0.378 e. The SMILES string of the molecule is Cc1[nH]ncc1-c1c(F)cccc1[C@H](COCCN(C)C)NC(=O)c1ccccc1. The van der Waals surface area contributed by atoms with Gasteiger partial charge in [0.25, 0.3) is 5.91 Å². The number of likely N-dealkylation sites (N-methyl/N-ethyl adjacent to an activating group) is 1. The van der Waals surface area contributed by atoms with E-state index in [2.05, 4.69) is 15.5 Å². The Morgan fingerprint density at radius 1 is 1.20 bits per heavy atom. The first-order valence-electron chi connectivity index (χ1n) is 9.84. The second-order valence-electron chi connectivity index (χ2n) is 7.38. The summed E-state index contributed by atoms with van der Waals surface area (Å²) in [6.07, 6.45) is 1.60. The molecule has 0 bridgehead atoms. The second-order valence-corrected chi connectivity index (χ2v) is 7.38. The highest BCUT2D eigenvalue weighted by molar-refractivity contribution is 5.94. The smallest absolute Gasteiger partial charge is 0.251 e. The van der Waals surface area contributed by atoms with Crippen LogP contribution in [0.4, 0.5) is 4.39 Å². The standard InChI is InChI=1S/C23H27FN4O2/c1-16-19(14-25-27-16)22-18(10-7-11-20(22)24)21(15-30-13-12-28(2)3)26-23(29)17-8-5-4-6-9-17/h4-11,14,21H,12-13,15H2,1-3H3,(H,25,27)(H,26,29)/t21-/m0/s1. The molecule has 0 aliphatic heterocycles. The van der Waals surface area contributed by atoms with Crippen molar-refractivity contribution in [1.29, 1.82) is 0 Å². The zero-order chi connectivity index (χ0) is 21.5. The van der Waals surface area contributed by atoms with Crippen molar-refractivity contribution < 1.29 is 13.9 Å². The lowest BCUT2D eigenvalue weighted by Gasteiger charge is -2.23. The van der Waals surface area contributed by atoms with Gasteiger partial charge >= 0.3 is 0 Å². The molecule has 0 radical (unpaired) electrons. The Labute approximate surface area is 176 Å². The third-order valence-corrected chi connectivity index (χ3v) is 4.83. The molecule has 0 aliphatic carbocycles. The molecule has 1 atom stereocenters. The molecule has 2 N–H and O–H groups in total. The van der Waals surface area contributed by atoms with Gasteiger partial charge in [0.1, 0.15) is 5.82 Å². The molecule has 1 aromatic heterocycles. The van der Waals surface area contributed by atoms with E-state index in [0.717, 1.165) is 12.2 Å². The Morgan fingerprint density at radius 2 is 1.97 bits per heavy atom. The van der Waals surface area contributed by atoms with Gasteiger partial charge in [-0.05, 0) is 44.8 Å². The van der Waals surface area contributed by atoms with Crippen LogP contribution in [0.3, 0.4) is 0 Å². The van der Waals surface area contributed by atoms with E-state index in [9.17, 15) is 9.18 Å². The van der Waals surface area contributed by atoms with Crippen molar-refractivity contribution in [3.8, 4) is 11.1 Å². The number of ether oxygens (including phenoxy) is 1. The molecule has 1 heterocycles. The van der Waals surface area contributed by atoms with Crippen molar-refractivity contribution >= 4 is 5.91 Å². The summed E-state index contributed by atoms with van der Waals surface area (Å²) in [5, 5.41) is 9.89. The number of aromatic nitrogens is 2. The highest BCUT2D eigenvalue weighted by Gasteiger charge is 2.23. The van der Waals surface area contributed by atoms with E-state index >= 15 is 0 Å². The van der Waals surface area contributed by atoms with Crippen LogP contribution in [-0.4, -0.2) is 54.9 Å². The first kappa shape index (κ1) is 21.7. The van der Waals surface area contributed by atoms with E-state index in [1.54, 1.807) is 36.5 Å². The minimum absolute atomic E-state index is 0.222. The van der Waals surface area contributed by atoms with E-state index in [-0.39, 0.29) is 18.3 Å². The van der Waals surface area contributed by atoms with Crippen LogP contribution >= 0.6 is 0 Å². The Balaban J connectivity index is 1.92. The van der Waals surface area contributed by atoms with Crippen LogP contribution < -0.4 is 5.32 Å². The quantitative estimate of drug-likeness (QED) is 0.529. The van der Waals surface area contributed by atoms with Crippen LogP contribution in [0.1, 0.15) is 27.7 Å². The Hall–Kier alpha value is -3.03. The molecule has 3 aromatic rings. The summed E-state index contributed by atoms with van der Waals surface area (Å²) < 4.78 is 20.7. The van der Waals surface area contributed by atoms with Gasteiger partial charge in [-0.3, -0.25) is 9.89 Å². The normalized spacial score (nSPS) is 12.2. The van der Waals surface area contributed by atoms with Crippen LogP contribution in [-0.2, 0) is 4.74 Å². The van der Waals surface area contributed by atoms with E-state index in [4.69, 9.17) is 4.74 Å². The van der Waals surface area contributed by atoms with Crippen molar-refractivity contribution in [2.75, 3.05) is 33.9 Å². The molecule has 0 spiro atoms. The molecule has 0 saturated heterocycles. The molecule has 0 unspecified atom stereocenters. The lowest BCUT2D eigenvalue weighted by Crippen LogP contribution is -2.33. The molecule has 0 fully saturated rings. The number of rotatable bonds is 9. The Bertz CT molecular complexity index is 972. The highest BCUT2D eigenvalue weighted by atomic mass is 19.1. The maximum atomic E-state index is 14.9. The van der Waals surface area contributed by atoms with E-state index in [1.165, 1.54) is 6.07 Å². The van der Waals surface area contributed by atoms with Gasteiger partial charge in [-0.25, -0.2) is 4.39 Å². The average molecular weight is 410 g/mol. The summed E-state index contributed by atoms with van der Waals surface area (Å²) in [6, 6.07) is 13.3. The summed E-state index contributed by atoms with van der Waals surface area (Å²) in [6.45, 7) is 3.31. The van der Waals surface area contributed by atoms with Gasteiger partial charge < -0.3 is 15.0 Å². The number of aryl methyl sites for hydroxylation is 1. The summed E-state index contributed by atoms with van der Waals surface area (Å²) in [7, 11) is 3.93. The predicted molar refractivity (Wildman–Crippen MR) is 115 cm³/mol. The molecule has 1 amide bonds. The number of carbonyl (C=O) groups excluding carboxylic acids is 1. The fourth-order valence-electron chi connectivity index (χ4n) is 3.21. The molecule has 2 aromatic carbocycles. The maximum absolute atomic E-state index is 14.9. The fraction of sp³-hybridized carbons (Fsp3) is 0.304. The summed E-state index contributed by atoms with van der Waals surface area (Å²) >= 11 is 0. The molecule has 7 heteroatoms. The topological polar surface area (TPSA) is 70.2 Å². The molecule has 158 valence electrons. The maximum Gasteiger partial charge on any atom is 0.251 e. The van der Waals surface area contributed by atoms with Crippen molar-refractivity contribution in [1.82, 2.24) is 20.4 Å². The number of amides is 1. The number of H-pyrrole nitrogens is 1. The number of hydrogen-bond acceptors (Lipinski definition) is 4. The third kappa shape index (κ3) is 5.31. The van der Waals surface area contributed by atoms with Gasteiger partial charge in [-0.1, -0.05) is 30.3 Å². The van der Waals surface area contributed by atoms with E-state index in [1.807, 2.05) is 38.1 Å². The molecule has 6 nitrogen and oxygen atoms in total. The first-order chi connectivity index (χ1) is 14.5. The van der Waals surface area contributed by atoms with Crippen LogP contribution in [0.2, 0.25) is 0 Å². The molecular weight excluding hydrogens is 383 g/mol. The number of benzene rings is 2. The molecule has 30 heavy (non-hydrogen) atoms. The summed E-state index contributed by atoms with van der Waals surface area (Å²) in [4.78, 5) is 14.8. The monoisotopic (exact) mass is 410 g/mol. The zero-order valence-electron chi connectivity index (χ0n) is 17.5. The average Bonchev–Trinajstić information content (AvgIpc) is 3.16. The number of aromatic amines is 1. The van der Waals surface area contributed by atoms with Gasteiger partial charge in [-0.2, -0.15) is 5.10 Å². The Kier molecular flexibility index (Phi) is 7.32. The lowest BCUT2D eigenvalue weighted by molar-refractivity contribution is 0.0800. The predicted octanol–water partition coefficient (Wildman–Crippen LogP) is 3.57. The summed E-state index contributed by atoms with van der Waals surface area (Å²) in [5.74, 6) is -0.611. The number of carbonyl (C=O) groups is 1. The van der Waals surface area contributed by atoms with E-state index in [0.29, 0.717) is 28.9 Å². The minimum atomic E-state index is -0.528. The molecular formula is C23H27FN4O2. The van der Waals surface area contributed by atoms with Gasteiger partial charge in [0.05, 0.1) is 25.5 Å². The van der Waals surface area contributed by atoms with Crippen molar-refractivity contribution in [2.24, 2.45) is 0 Å². The molecule has 0 saturated carbocycles. The highest BCUT2D eigenvalue weighted by Crippen LogP contribution is 2.32. The number of hydrogen-bond donors (Lipinski definition) is 2. The second kappa shape index (κ2) is 10.1. The van der Waals surface area contributed by atoms with Crippen LogP contribution in [0, 0.1) is 12.7 Å². The van der Waals surface area contributed by atoms with Gasteiger partial charge in [0, 0.05) is 28.9 Å². The van der Waals surface area contributed by atoms with Crippen LogP contribution in [0.15, 0.2) is 54.7 Å². The zero-order valence-corrected chi connectivity index (χ0v) is 17.5. The number of nitrogens with one attached hydrogen (secondary N) is 2. The summed E-state index contributed by atoms with van der Waals surface area (Å²) in [5.41, 5.74) is 3.01. The lowest BCUT2D eigenvalue weighted by atomic mass is 9.94. The van der Waals surface area contributed by atoms with Crippen molar-refractivity contribution in [3.63, 3.8) is 0 Å². The van der Waals surface area contributed by atoms with Crippen LogP contribution in [0.25, 0.3) is 11.1 Å². The fourth-order valence-corrected chi connectivity index (χ4v) is 3.21. The van der Waals surface area contributed by atoms with E-state index < -0.39 is 6.04 Å². The third-order valence-electron chi connectivity index (χ3n) is 4.83. The molecule has 0 aliphatic rings. The molecule has 3 rings (SSSR count). The Morgan fingerprint density at radius 3 is 2.63 bits per heavy atom. The number of halogens is 1. The van der Waals surface area contributed by atoms with Crippen LogP contribution in [0.5, 0.6) is 0 Å². The largest absolute Gasteiger partial charge is 0.378 e. The van der Waals surface area contributed by atoms with Gasteiger partial charge in [0.15, 0.2) is 0 Å². The number of nitrogens with zero attached hydrogens (tertiary/aromatic N) is 2. The van der Waals surface area contributed by atoms with Gasteiger partial charge in [0.2, 0.25) is 0 Å². The van der Waals surface area contributed by atoms with Gasteiger partial charge in [-0.15, -0.1) is 0 Å². The van der Waals surface area contributed by atoms with Crippen molar-refractivity contribution in [2.45, 2.75) is 13.0 Å².